The second-order valence-corrected chi connectivity index (χ2v) is 3.43. The van der Waals surface area contributed by atoms with Crippen LogP contribution in [0.4, 0.5) is 0 Å². The fourth-order valence-corrected chi connectivity index (χ4v) is 1.33. The van der Waals surface area contributed by atoms with Crippen LogP contribution in [0.25, 0.3) is 0 Å². The molecule has 0 bridgehead atoms. The van der Waals surface area contributed by atoms with Gasteiger partial charge in [-0.15, -0.1) is 0 Å². The molecule has 1 aromatic rings. The summed E-state index contributed by atoms with van der Waals surface area (Å²) in [5.74, 6) is 0.316. The summed E-state index contributed by atoms with van der Waals surface area (Å²) >= 11 is 0. The van der Waals surface area contributed by atoms with Crippen LogP contribution in [0, 0.1) is 0 Å². The first-order valence-corrected chi connectivity index (χ1v) is 5.15. The van der Waals surface area contributed by atoms with Gasteiger partial charge in [0.1, 0.15) is 5.75 Å². The monoisotopic (exact) mass is 194 g/mol. The summed E-state index contributed by atoms with van der Waals surface area (Å²) in [4.78, 5) is 0. The van der Waals surface area contributed by atoms with Crippen molar-refractivity contribution in [3.63, 3.8) is 0 Å². The van der Waals surface area contributed by atoms with Gasteiger partial charge in [-0.05, 0) is 19.4 Å². The first-order chi connectivity index (χ1) is 6.75. The van der Waals surface area contributed by atoms with Crippen LogP contribution < -0.4 is 0 Å². The molecular weight excluding hydrogens is 176 g/mol. The largest absolute Gasteiger partial charge is 0.508 e. The third-order valence-electron chi connectivity index (χ3n) is 2.24. The van der Waals surface area contributed by atoms with Crippen LogP contribution >= 0.6 is 0 Å². The Morgan fingerprint density at radius 3 is 2.71 bits per heavy atom. The van der Waals surface area contributed by atoms with E-state index in [4.69, 9.17) is 4.74 Å². The van der Waals surface area contributed by atoms with Crippen molar-refractivity contribution in [3.05, 3.63) is 29.8 Å². The highest BCUT2D eigenvalue weighted by Crippen LogP contribution is 2.25. The van der Waals surface area contributed by atoms with Crippen LogP contribution in [0.2, 0.25) is 0 Å². The lowest BCUT2D eigenvalue weighted by molar-refractivity contribution is 0.0621. The topological polar surface area (TPSA) is 29.5 Å². The number of ether oxygens (including phenoxy) is 1. The lowest BCUT2D eigenvalue weighted by atomic mass is 10.1. The summed E-state index contributed by atoms with van der Waals surface area (Å²) in [5.41, 5.74) is 0.864. The summed E-state index contributed by atoms with van der Waals surface area (Å²) in [7, 11) is 0. The minimum absolute atomic E-state index is 0.0252. The third-order valence-corrected chi connectivity index (χ3v) is 2.24. The molecule has 78 valence electrons. The Morgan fingerprint density at radius 2 is 2.07 bits per heavy atom. The van der Waals surface area contributed by atoms with Gasteiger partial charge in [0, 0.05) is 12.2 Å². The van der Waals surface area contributed by atoms with E-state index in [-0.39, 0.29) is 6.10 Å². The van der Waals surface area contributed by atoms with E-state index in [0.717, 1.165) is 25.0 Å². The van der Waals surface area contributed by atoms with Gasteiger partial charge in [-0.25, -0.2) is 0 Å². The maximum Gasteiger partial charge on any atom is 0.121 e. The number of unbranched alkanes of at least 4 members (excludes halogenated alkanes) is 1. The van der Waals surface area contributed by atoms with Crippen molar-refractivity contribution in [1.82, 2.24) is 0 Å². The molecule has 0 saturated carbocycles. The van der Waals surface area contributed by atoms with E-state index in [1.807, 2.05) is 25.1 Å². The summed E-state index contributed by atoms with van der Waals surface area (Å²) in [6.07, 6.45) is 2.17. The second-order valence-electron chi connectivity index (χ2n) is 3.43. The van der Waals surface area contributed by atoms with Crippen LogP contribution in [0.5, 0.6) is 5.75 Å². The summed E-state index contributed by atoms with van der Waals surface area (Å²) < 4.78 is 5.59. The van der Waals surface area contributed by atoms with Crippen LogP contribution in [-0.2, 0) is 4.74 Å². The summed E-state index contributed by atoms with van der Waals surface area (Å²) in [6.45, 7) is 4.85. The fraction of sp³-hybridized carbons (Fsp3) is 0.500. The molecule has 14 heavy (non-hydrogen) atoms. The second kappa shape index (κ2) is 5.66. The molecule has 0 aliphatic carbocycles. The van der Waals surface area contributed by atoms with Gasteiger partial charge in [-0.2, -0.15) is 0 Å². The van der Waals surface area contributed by atoms with Gasteiger partial charge in [-0.3, -0.25) is 0 Å². The van der Waals surface area contributed by atoms with Crippen molar-refractivity contribution >= 4 is 0 Å². The minimum Gasteiger partial charge on any atom is -0.508 e. The highest BCUT2D eigenvalue weighted by molar-refractivity contribution is 5.33. The van der Waals surface area contributed by atoms with Crippen molar-refractivity contribution in [3.8, 4) is 5.75 Å². The fourth-order valence-electron chi connectivity index (χ4n) is 1.33. The summed E-state index contributed by atoms with van der Waals surface area (Å²) in [6, 6.07) is 7.31. The van der Waals surface area contributed by atoms with Gasteiger partial charge in [0.25, 0.3) is 0 Å². The van der Waals surface area contributed by atoms with Gasteiger partial charge in [0.15, 0.2) is 0 Å². The third kappa shape index (κ3) is 3.04. The predicted molar refractivity (Wildman–Crippen MR) is 57.4 cm³/mol. The number of hydrogen-bond donors (Lipinski definition) is 1. The van der Waals surface area contributed by atoms with Crippen LogP contribution in [0.1, 0.15) is 38.4 Å². The molecule has 0 spiro atoms. The standard InChI is InChI=1S/C12H18O2/c1-3-4-9-14-10(2)11-7-5-6-8-12(11)13/h5-8,10,13H,3-4,9H2,1-2H3. The molecular formula is C12H18O2. The Kier molecular flexibility index (Phi) is 4.47. The van der Waals surface area contributed by atoms with Crippen molar-refractivity contribution in [1.29, 1.82) is 0 Å². The number of benzene rings is 1. The average molecular weight is 194 g/mol. The van der Waals surface area contributed by atoms with E-state index in [2.05, 4.69) is 6.92 Å². The molecule has 1 atom stereocenters. The van der Waals surface area contributed by atoms with E-state index in [1.54, 1.807) is 6.07 Å². The molecule has 0 aliphatic heterocycles. The Balaban J connectivity index is 2.51. The van der Waals surface area contributed by atoms with Gasteiger partial charge in [-0.1, -0.05) is 31.5 Å². The van der Waals surface area contributed by atoms with Gasteiger partial charge >= 0.3 is 0 Å². The maximum absolute atomic E-state index is 9.56. The Labute approximate surface area is 85.5 Å². The quantitative estimate of drug-likeness (QED) is 0.729. The zero-order valence-electron chi connectivity index (χ0n) is 8.86. The lowest BCUT2D eigenvalue weighted by Crippen LogP contribution is -2.01. The van der Waals surface area contributed by atoms with Crippen molar-refractivity contribution in [2.75, 3.05) is 6.61 Å². The molecule has 0 aliphatic rings. The predicted octanol–water partition coefficient (Wildman–Crippen LogP) is 3.27. The van der Waals surface area contributed by atoms with Crippen LogP contribution in [0.15, 0.2) is 24.3 Å². The average Bonchev–Trinajstić information content (AvgIpc) is 2.18. The molecule has 1 aromatic carbocycles. The van der Waals surface area contributed by atoms with E-state index in [9.17, 15) is 5.11 Å². The zero-order valence-corrected chi connectivity index (χ0v) is 8.86. The van der Waals surface area contributed by atoms with E-state index in [0.29, 0.717) is 5.75 Å². The number of hydrogen-bond acceptors (Lipinski definition) is 2. The first kappa shape index (κ1) is 11.1. The normalized spacial score (nSPS) is 12.7. The molecule has 2 nitrogen and oxygen atoms in total. The Hall–Kier alpha value is -1.02. The van der Waals surface area contributed by atoms with E-state index < -0.39 is 0 Å². The number of aromatic hydroxyl groups is 1. The molecule has 2 heteroatoms. The molecule has 0 amide bonds. The number of para-hydroxylation sites is 1. The van der Waals surface area contributed by atoms with Gasteiger partial charge in [0.05, 0.1) is 6.10 Å². The van der Waals surface area contributed by atoms with Crippen molar-refractivity contribution in [2.24, 2.45) is 0 Å². The number of phenolic OH excluding ortho intramolecular Hbond substituents is 1. The molecule has 1 rings (SSSR count). The van der Waals surface area contributed by atoms with Crippen molar-refractivity contribution in [2.45, 2.75) is 32.8 Å². The number of phenols is 1. The van der Waals surface area contributed by atoms with E-state index in [1.165, 1.54) is 0 Å². The molecule has 0 fully saturated rings. The SMILES string of the molecule is CCCCOC(C)c1ccccc1O. The molecule has 0 saturated heterocycles. The molecule has 0 radical (unpaired) electrons. The number of rotatable bonds is 5. The molecule has 1 unspecified atom stereocenters. The van der Waals surface area contributed by atoms with Crippen molar-refractivity contribution < 1.29 is 9.84 Å². The lowest BCUT2D eigenvalue weighted by Gasteiger charge is -2.14. The summed E-state index contributed by atoms with van der Waals surface area (Å²) in [5, 5.41) is 9.56. The zero-order chi connectivity index (χ0) is 10.4. The van der Waals surface area contributed by atoms with Crippen LogP contribution in [0.3, 0.4) is 0 Å². The highest BCUT2D eigenvalue weighted by atomic mass is 16.5. The molecule has 0 heterocycles. The smallest absolute Gasteiger partial charge is 0.121 e. The van der Waals surface area contributed by atoms with Crippen LogP contribution in [-0.4, -0.2) is 11.7 Å². The minimum atomic E-state index is -0.0252. The maximum atomic E-state index is 9.56. The Morgan fingerprint density at radius 1 is 1.36 bits per heavy atom. The highest BCUT2D eigenvalue weighted by Gasteiger charge is 2.08. The van der Waals surface area contributed by atoms with E-state index >= 15 is 0 Å². The van der Waals surface area contributed by atoms with Gasteiger partial charge < -0.3 is 9.84 Å². The molecule has 1 N–H and O–H groups in total. The molecule has 0 aromatic heterocycles. The van der Waals surface area contributed by atoms with Gasteiger partial charge in [0.2, 0.25) is 0 Å². The Bertz CT molecular complexity index is 271. The first-order valence-electron chi connectivity index (χ1n) is 5.15.